The molecule has 0 bridgehead atoms. The first kappa shape index (κ1) is 11.9. The van der Waals surface area contributed by atoms with Crippen LogP contribution in [0.4, 0.5) is 8.78 Å². The van der Waals surface area contributed by atoms with Crippen LogP contribution in [0.1, 0.15) is 18.5 Å². The lowest BCUT2D eigenvalue weighted by Crippen LogP contribution is -2.22. The summed E-state index contributed by atoms with van der Waals surface area (Å²) in [4.78, 5) is 2.00. The van der Waals surface area contributed by atoms with E-state index < -0.39 is 11.6 Å². The SMILES string of the molecule is C=CCN(C)C(C)c1ccc(F)c(F)c1. The van der Waals surface area contributed by atoms with Crippen LogP contribution in [0.25, 0.3) is 0 Å². The van der Waals surface area contributed by atoms with Gasteiger partial charge in [-0.25, -0.2) is 8.78 Å². The molecule has 1 aromatic carbocycles. The van der Waals surface area contributed by atoms with Crippen molar-refractivity contribution >= 4 is 0 Å². The first-order valence-electron chi connectivity index (χ1n) is 4.82. The minimum absolute atomic E-state index is 0.0399. The van der Waals surface area contributed by atoms with Crippen LogP contribution >= 0.6 is 0 Å². The zero-order valence-corrected chi connectivity index (χ0v) is 9.00. The van der Waals surface area contributed by atoms with E-state index in [0.717, 1.165) is 11.6 Å². The third kappa shape index (κ3) is 2.86. The van der Waals surface area contributed by atoms with E-state index in [1.807, 2.05) is 18.9 Å². The van der Waals surface area contributed by atoms with E-state index in [0.29, 0.717) is 6.54 Å². The maximum Gasteiger partial charge on any atom is 0.159 e. The normalized spacial score (nSPS) is 12.9. The number of benzene rings is 1. The van der Waals surface area contributed by atoms with Gasteiger partial charge in [0.25, 0.3) is 0 Å². The summed E-state index contributed by atoms with van der Waals surface area (Å²) in [5, 5.41) is 0. The molecule has 0 aliphatic carbocycles. The fourth-order valence-electron chi connectivity index (χ4n) is 1.39. The van der Waals surface area contributed by atoms with Crippen molar-refractivity contribution in [3.8, 4) is 0 Å². The largest absolute Gasteiger partial charge is 0.296 e. The van der Waals surface area contributed by atoms with Crippen LogP contribution in [-0.2, 0) is 0 Å². The molecule has 0 heterocycles. The highest BCUT2D eigenvalue weighted by molar-refractivity contribution is 5.20. The molecule has 3 heteroatoms. The Kier molecular flexibility index (Phi) is 3.97. The molecule has 1 atom stereocenters. The zero-order chi connectivity index (χ0) is 11.4. The molecule has 1 nitrogen and oxygen atoms in total. The third-order valence-electron chi connectivity index (χ3n) is 2.50. The number of nitrogens with zero attached hydrogens (tertiary/aromatic N) is 1. The summed E-state index contributed by atoms with van der Waals surface area (Å²) < 4.78 is 25.7. The highest BCUT2D eigenvalue weighted by atomic mass is 19.2. The molecular formula is C12H15F2N. The number of likely N-dealkylation sites (N-methyl/N-ethyl adjacent to an activating group) is 1. The molecule has 15 heavy (non-hydrogen) atoms. The van der Waals surface area contributed by atoms with Crippen molar-refractivity contribution in [1.29, 1.82) is 0 Å². The maximum atomic E-state index is 13.0. The van der Waals surface area contributed by atoms with Gasteiger partial charge >= 0.3 is 0 Å². The Morgan fingerprint density at radius 1 is 1.40 bits per heavy atom. The van der Waals surface area contributed by atoms with E-state index >= 15 is 0 Å². The molecule has 0 aromatic heterocycles. The first-order valence-corrected chi connectivity index (χ1v) is 4.82. The van der Waals surface area contributed by atoms with Gasteiger partial charge < -0.3 is 0 Å². The van der Waals surface area contributed by atoms with Gasteiger partial charge in [0.05, 0.1) is 0 Å². The van der Waals surface area contributed by atoms with E-state index in [2.05, 4.69) is 6.58 Å². The van der Waals surface area contributed by atoms with Gasteiger partial charge in [0.2, 0.25) is 0 Å². The van der Waals surface area contributed by atoms with Crippen molar-refractivity contribution in [2.45, 2.75) is 13.0 Å². The molecular weight excluding hydrogens is 196 g/mol. The number of hydrogen-bond acceptors (Lipinski definition) is 1. The van der Waals surface area contributed by atoms with Gasteiger partial charge in [-0.1, -0.05) is 12.1 Å². The highest BCUT2D eigenvalue weighted by Crippen LogP contribution is 2.20. The van der Waals surface area contributed by atoms with Crippen molar-refractivity contribution in [2.24, 2.45) is 0 Å². The average Bonchev–Trinajstić information content (AvgIpc) is 2.21. The van der Waals surface area contributed by atoms with Crippen LogP contribution in [0.15, 0.2) is 30.9 Å². The quantitative estimate of drug-likeness (QED) is 0.691. The Hall–Kier alpha value is -1.22. The molecule has 0 spiro atoms. The van der Waals surface area contributed by atoms with Gasteiger partial charge in [0.1, 0.15) is 0 Å². The molecule has 0 fully saturated rings. The summed E-state index contributed by atoms with van der Waals surface area (Å²) in [5.41, 5.74) is 0.762. The van der Waals surface area contributed by atoms with E-state index in [1.165, 1.54) is 6.07 Å². The van der Waals surface area contributed by atoms with Crippen LogP contribution in [0.5, 0.6) is 0 Å². The molecule has 0 saturated carbocycles. The Labute approximate surface area is 89.0 Å². The monoisotopic (exact) mass is 211 g/mol. The van der Waals surface area contributed by atoms with E-state index in [-0.39, 0.29) is 6.04 Å². The number of rotatable bonds is 4. The van der Waals surface area contributed by atoms with Crippen LogP contribution in [0.2, 0.25) is 0 Å². The lowest BCUT2D eigenvalue weighted by Gasteiger charge is -2.23. The van der Waals surface area contributed by atoms with Gasteiger partial charge in [0, 0.05) is 12.6 Å². The van der Waals surface area contributed by atoms with E-state index in [4.69, 9.17) is 0 Å². The smallest absolute Gasteiger partial charge is 0.159 e. The van der Waals surface area contributed by atoms with E-state index in [1.54, 1.807) is 12.1 Å². The van der Waals surface area contributed by atoms with Crippen molar-refractivity contribution in [1.82, 2.24) is 4.90 Å². The summed E-state index contributed by atoms with van der Waals surface area (Å²) in [6, 6.07) is 4.03. The predicted octanol–water partition coefficient (Wildman–Crippen LogP) is 3.14. The summed E-state index contributed by atoms with van der Waals surface area (Å²) in [5.74, 6) is -1.61. The Morgan fingerprint density at radius 2 is 2.07 bits per heavy atom. The topological polar surface area (TPSA) is 3.24 Å². The highest BCUT2D eigenvalue weighted by Gasteiger charge is 2.12. The Balaban J connectivity index is 2.86. The van der Waals surface area contributed by atoms with Gasteiger partial charge in [-0.05, 0) is 31.7 Å². The molecule has 0 aliphatic rings. The molecule has 0 radical (unpaired) electrons. The second kappa shape index (κ2) is 5.03. The van der Waals surface area contributed by atoms with Crippen molar-refractivity contribution in [3.05, 3.63) is 48.1 Å². The van der Waals surface area contributed by atoms with Crippen molar-refractivity contribution in [2.75, 3.05) is 13.6 Å². The molecule has 0 saturated heterocycles. The summed E-state index contributed by atoms with van der Waals surface area (Å²) in [7, 11) is 1.91. The van der Waals surface area contributed by atoms with Crippen molar-refractivity contribution < 1.29 is 8.78 Å². The minimum Gasteiger partial charge on any atom is -0.296 e. The molecule has 1 aromatic rings. The summed E-state index contributed by atoms with van der Waals surface area (Å²) >= 11 is 0. The Morgan fingerprint density at radius 3 is 2.60 bits per heavy atom. The lowest BCUT2D eigenvalue weighted by molar-refractivity contribution is 0.289. The number of hydrogen-bond donors (Lipinski definition) is 0. The van der Waals surface area contributed by atoms with Crippen molar-refractivity contribution in [3.63, 3.8) is 0 Å². The minimum atomic E-state index is -0.808. The van der Waals surface area contributed by atoms with Gasteiger partial charge in [0.15, 0.2) is 11.6 Å². The molecule has 1 unspecified atom stereocenters. The second-order valence-electron chi connectivity index (χ2n) is 3.58. The van der Waals surface area contributed by atoms with Crippen LogP contribution in [0, 0.1) is 11.6 Å². The van der Waals surface area contributed by atoms with Crippen LogP contribution in [0.3, 0.4) is 0 Å². The summed E-state index contributed by atoms with van der Waals surface area (Å²) in [6.07, 6.45) is 1.77. The second-order valence-corrected chi connectivity index (χ2v) is 3.58. The zero-order valence-electron chi connectivity index (χ0n) is 9.00. The lowest BCUT2D eigenvalue weighted by atomic mass is 10.1. The molecule has 0 amide bonds. The van der Waals surface area contributed by atoms with Gasteiger partial charge in [-0.2, -0.15) is 0 Å². The maximum absolute atomic E-state index is 13.0. The fraction of sp³-hybridized carbons (Fsp3) is 0.333. The van der Waals surface area contributed by atoms with Crippen LogP contribution in [-0.4, -0.2) is 18.5 Å². The fourth-order valence-corrected chi connectivity index (χ4v) is 1.39. The van der Waals surface area contributed by atoms with Gasteiger partial charge in [-0.3, -0.25) is 4.90 Å². The third-order valence-corrected chi connectivity index (χ3v) is 2.50. The molecule has 1 rings (SSSR count). The van der Waals surface area contributed by atoms with Crippen LogP contribution < -0.4 is 0 Å². The molecule has 82 valence electrons. The van der Waals surface area contributed by atoms with Gasteiger partial charge in [-0.15, -0.1) is 6.58 Å². The number of halogens is 2. The summed E-state index contributed by atoms with van der Waals surface area (Å²) in [6.45, 7) is 6.28. The predicted molar refractivity (Wildman–Crippen MR) is 57.6 cm³/mol. The molecule has 0 N–H and O–H groups in total. The molecule has 0 aliphatic heterocycles. The van der Waals surface area contributed by atoms with E-state index in [9.17, 15) is 8.78 Å². The Bertz CT molecular complexity index is 349. The first-order chi connectivity index (χ1) is 7.06. The standard InChI is InChI=1S/C12H15F2N/c1-4-7-15(3)9(2)10-5-6-11(13)12(14)8-10/h4-6,8-9H,1,7H2,2-3H3. The average molecular weight is 211 g/mol.